The molecule has 0 spiro atoms. The van der Waals surface area contributed by atoms with Crippen LogP contribution >= 0.6 is 11.6 Å². The van der Waals surface area contributed by atoms with Crippen molar-refractivity contribution in [3.8, 4) is 0 Å². The lowest BCUT2D eigenvalue weighted by Gasteiger charge is -2.15. The van der Waals surface area contributed by atoms with Gasteiger partial charge in [-0.3, -0.25) is 0 Å². The van der Waals surface area contributed by atoms with Gasteiger partial charge in [-0.05, 0) is 25.0 Å². The fourth-order valence-corrected chi connectivity index (χ4v) is 1.87. The number of hydrogen-bond donors (Lipinski definition) is 1. The molecule has 15 heavy (non-hydrogen) atoms. The zero-order chi connectivity index (χ0) is 11.4. The molecule has 0 aromatic heterocycles. The normalized spacial score (nSPS) is 12.9. The van der Waals surface area contributed by atoms with E-state index in [0.717, 1.165) is 19.3 Å². The zero-order valence-electron chi connectivity index (χ0n) is 9.19. The number of rotatable bonds is 4. The molecule has 0 heterocycles. The highest BCUT2D eigenvalue weighted by atomic mass is 35.5. The van der Waals surface area contributed by atoms with Crippen molar-refractivity contribution in [3.63, 3.8) is 0 Å². The first-order valence-corrected chi connectivity index (χ1v) is 5.65. The van der Waals surface area contributed by atoms with Crippen LogP contribution in [-0.4, -0.2) is 0 Å². The van der Waals surface area contributed by atoms with Gasteiger partial charge in [0.05, 0.1) is 0 Å². The van der Waals surface area contributed by atoms with Gasteiger partial charge in [-0.2, -0.15) is 0 Å². The number of hydrogen-bond acceptors (Lipinski definition) is 1. The van der Waals surface area contributed by atoms with Crippen LogP contribution in [0.2, 0.25) is 5.02 Å². The lowest BCUT2D eigenvalue weighted by molar-refractivity contribution is 0.543. The van der Waals surface area contributed by atoms with Gasteiger partial charge in [-0.25, -0.2) is 4.39 Å². The maximum atomic E-state index is 13.8. The third-order valence-electron chi connectivity index (χ3n) is 2.56. The number of unbranched alkanes of at least 4 members (excludes halogenated alkanes) is 1. The highest BCUT2D eigenvalue weighted by Gasteiger charge is 2.16. The molecule has 0 aliphatic carbocycles. The molecule has 0 fully saturated rings. The Labute approximate surface area is 95.4 Å². The van der Waals surface area contributed by atoms with Crippen molar-refractivity contribution in [2.45, 2.75) is 39.2 Å². The van der Waals surface area contributed by atoms with E-state index < -0.39 is 0 Å². The summed E-state index contributed by atoms with van der Waals surface area (Å²) < 4.78 is 13.8. The van der Waals surface area contributed by atoms with E-state index in [4.69, 9.17) is 17.3 Å². The van der Waals surface area contributed by atoms with Crippen molar-refractivity contribution in [1.82, 2.24) is 0 Å². The minimum Gasteiger partial charge on any atom is -0.324 e. The van der Waals surface area contributed by atoms with E-state index >= 15 is 0 Å². The summed E-state index contributed by atoms with van der Waals surface area (Å²) in [4.78, 5) is 0. The van der Waals surface area contributed by atoms with E-state index in [0.29, 0.717) is 16.1 Å². The third-order valence-corrected chi connectivity index (χ3v) is 2.89. The Kier molecular flexibility index (Phi) is 4.55. The predicted octanol–water partition coefficient (Wildman–Crippen LogP) is 3.98. The summed E-state index contributed by atoms with van der Waals surface area (Å²) in [6, 6.07) is 3.09. The van der Waals surface area contributed by atoms with Gasteiger partial charge in [-0.1, -0.05) is 37.4 Å². The Bertz CT molecular complexity index is 339. The highest BCUT2D eigenvalue weighted by Crippen LogP contribution is 2.29. The second-order valence-corrected chi connectivity index (χ2v) is 4.25. The lowest BCUT2D eigenvalue weighted by atomic mass is 9.99. The van der Waals surface area contributed by atoms with E-state index in [-0.39, 0.29) is 11.9 Å². The van der Waals surface area contributed by atoms with Crippen molar-refractivity contribution < 1.29 is 4.39 Å². The molecule has 0 aliphatic heterocycles. The Morgan fingerprint density at radius 3 is 2.73 bits per heavy atom. The van der Waals surface area contributed by atoms with Gasteiger partial charge in [0.25, 0.3) is 0 Å². The maximum absolute atomic E-state index is 13.8. The highest BCUT2D eigenvalue weighted by molar-refractivity contribution is 6.31. The Balaban J connectivity index is 2.96. The molecule has 0 radical (unpaired) electrons. The van der Waals surface area contributed by atoms with Crippen molar-refractivity contribution in [2.75, 3.05) is 0 Å². The summed E-state index contributed by atoms with van der Waals surface area (Å²) >= 11 is 5.96. The van der Waals surface area contributed by atoms with Crippen LogP contribution in [0, 0.1) is 12.7 Å². The average Bonchev–Trinajstić information content (AvgIpc) is 2.21. The van der Waals surface area contributed by atoms with Crippen molar-refractivity contribution in [3.05, 3.63) is 34.1 Å². The molecule has 0 saturated heterocycles. The molecule has 1 aromatic rings. The van der Waals surface area contributed by atoms with Gasteiger partial charge in [-0.15, -0.1) is 0 Å². The molecule has 0 bridgehead atoms. The van der Waals surface area contributed by atoms with E-state index in [9.17, 15) is 4.39 Å². The van der Waals surface area contributed by atoms with Gasteiger partial charge < -0.3 is 5.73 Å². The zero-order valence-corrected chi connectivity index (χ0v) is 9.94. The van der Waals surface area contributed by atoms with Crippen LogP contribution in [0.15, 0.2) is 12.1 Å². The van der Waals surface area contributed by atoms with Crippen LogP contribution in [0.4, 0.5) is 4.39 Å². The molecular formula is C12H17ClFN. The van der Waals surface area contributed by atoms with Gasteiger partial charge in [0.1, 0.15) is 5.82 Å². The standard InChI is InChI=1S/C12H17ClFN/c1-3-4-5-10(15)11-9(13)7-6-8(2)12(11)14/h6-7,10H,3-5,15H2,1-2H3/t10-/m1/s1. The smallest absolute Gasteiger partial charge is 0.132 e. The molecule has 1 nitrogen and oxygen atoms in total. The van der Waals surface area contributed by atoms with Gasteiger partial charge >= 0.3 is 0 Å². The fourth-order valence-electron chi connectivity index (χ4n) is 1.59. The monoisotopic (exact) mass is 229 g/mol. The van der Waals surface area contributed by atoms with E-state index in [1.165, 1.54) is 0 Å². The van der Waals surface area contributed by atoms with Crippen LogP contribution in [0.3, 0.4) is 0 Å². The van der Waals surface area contributed by atoms with Gasteiger partial charge in [0.2, 0.25) is 0 Å². The second-order valence-electron chi connectivity index (χ2n) is 3.84. The molecular weight excluding hydrogens is 213 g/mol. The molecule has 0 amide bonds. The van der Waals surface area contributed by atoms with Crippen LogP contribution in [0.5, 0.6) is 0 Å². The number of nitrogens with two attached hydrogens (primary N) is 1. The van der Waals surface area contributed by atoms with Crippen molar-refractivity contribution in [2.24, 2.45) is 5.73 Å². The van der Waals surface area contributed by atoms with E-state index in [2.05, 4.69) is 6.92 Å². The summed E-state index contributed by atoms with van der Waals surface area (Å²) in [6.07, 6.45) is 2.82. The fraction of sp³-hybridized carbons (Fsp3) is 0.500. The molecule has 0 saturated carbocycles. The number of halogens is 2. The summed E-state index contributed by atoms with van der Waals surface area (Å²) in [6.45, 7) is 3.81. The van der Waals surface area contributed by atoms with Gasteiger partial charge in [0.15, 0.2) is 0 Å². The van der Waals surface area contributed by atoms with Gasteiger partial charge in [0, 0.05) is 16.6 Å². The minimum absolute atomic E-state index is 0.258. The molecule has 0 unspecified atom stereocenters. The molecule has 1 rings (SSSR count). The predicted molar refractivity (Wildman–Crippen MR) is 62.6 cm³/mol. The maximum Gasteiger partial charge on any atom is 0.132 e. The first kappa shape index (κ1) is 12.5. The molecule has 0 aliphatic rings. The molecule has 1 atom stereocenters. The largest absolute Gasteiger partial charge is 0.324 e. The van der Waals surface area contributed by atoms with Crippen molar-refractivity contribution >= 4 is 11.6 Å². The molecule has 3 heteroatoms. The minimum atomic E-state index is -0.294. The van der Waals surface area contributed by atoms with Crippen LogP contribution in [0.1, 0.15) is 43.4 Å². The second kappa shape index (κ2) is 5.47. The lowest BCUT2D eigenvalue weighted by Crippen LogP contribution is -2.13. The topological polar surface area (TPSA) is 26.0 Å². The summed E-state index contributed by atoms with van der Waals surface area (Å²) in [7, 11) is 0. The van der Waals surface area contributed by atoms with Crippen LogP contribution in [-0.2, 0) is 0 Å². The Hall–Kier alpha value is -0.600. The summed E-state index contributed by atoms with van der Waals surface area (Å²) in [5.41, 5.74) is 6.99. The first-order chi connectivity index (χ1) is 7.07. The molecule has 2 N–H and O–H groups in total. The first-order valence-electron chi connectivity index (χ1n) is 5.28. The SMILES string of the molecule is CCCC[C@@H](N)c1c(Cl)ccc(C)c1F. The Morgan fingerprint density at radius 1 is 1.47 bits per heavy atom. The van der Waals surface area contributed by atoms with Crippen LogP contribution < -0.4 is 5.73 Å². The van der Waals surface area contributed by atoms with Crippen molar-refractivity contribution in [1.29, 1.82) is 0 Å². The van der Waals surface area contributed by atoms with Crippen LogP contribution in [0.25, 0.3) is 0 Å². The molecule has 1 aromatic carbocycles. The summed E-state index contributed by atoms with van der Waals surface area (Å²) in [5, 5.41) is 0.432. The van der Waals surface area contributed by atoms with E-state index in [1.807, 2.05) is 0 Å². The number of aryl methyl sites for hydroxylation is 1. The average molecular weight is 230 g/mol. The van der Waals surface area contributed by atoms with E-state index in [1.54, 1.807) is 19.1 Å². The third kappa shape index (κ3) is 2.93. The molecule has 84 valence electrons. The summed E-state index contributed by atoms with van der Waals surface area (Å²) in [5.74, 6) is -0.258. The quantitative estimate of drug-likeness (QED) is 0.831. The number of benzene rings is 1. The Morgan fingerprint density at radius 2 is 2.13 bits per heavy atom.